The Balaban J connectivity index is 2.85. The van der Waals surface area contributed by atoms with Crippen molar-refractivity contribution in [2.24, 2.45) is 5.73 Å². The molecular formula is C13H16ClN3O. The maximum atomic E-state index is 11.6. The Bertz CT molecular complexity index is 477. The summed E-state index contributed by atoms with van der Waals surface area (Å²) in [5.41, 5.74) is 6.60. The van der Waals surface area contributed by atoms with Crippen LogP contribution in [0.15, 0.2) is 18.2 Å². The van der Waals surface area contributed by atoms with Crippen LogP contribution in [0.25, 0.3) is 0 Å². The number of hydrogen-bond acceptors (Lipinski definition) is 2. The number of amides is 2. The minimum atomic E-state index is -0.269. The Hall–Kier alpha value is -1.70. The van der Waals surface area contributed by atoms with Crippen LogP contribution >= 0.6 is 11.6 Å². The Morgan fingerprint density at radius 2 is 2.28 bits per heavy atom. The molecule has 0 saturated carbocycles. The van der Waals surface area contributed by atoms with E-state index in [-0.39, 0.29) is 12.6 Å². The van der Waals surface area contributed by atoms with E-state index in [1.807, 2.05) is 6.92 Å². The SMILES string of the molecule is CCCNC(=O)Nc1cc(Cl)ccc1C#CCN. The molecule has 96 valence electrons. The summed E-state index contributed by atoms with van der Waals surface area (Å²) >= 11 is 5.89. The molecule has 0 saturated heterocycles. The second-order valence-corrected chi connectivity index (χ2v) is 4.01. The number of carbonyl (C=O) groups excluding carboxylic acids is 1. The fraction of sp³-hybridized carbons (Fsp3) is 0.308. The summed E-state index contributed by atoms with van der Waals surface area (Å²) in [6.07, 6.45) is 0.878. The highest BCUT2D eigenvalue weighted by Gasteiger charge is 2.05. The van der Waals surface area contributed by atoms with Crippen molar-refractivity contribution in [3.05, 3.63) is 28.8 Å². The first-order chi connectivity index (χ1) is 8.67. The molecule has 1 rings (SSSR count). The number of benzene rings is 1. The lowest BCUT2D eigenvalue weighted by molar-refractivity contribution is 0.252. The molecule has 0 unspecified atom stereocenters. The lowest BCUT2D eigenvalue weighted by atomic mass is 10.2. The maximum Gasteiger partial charge on any atom is 0.319 e. The van der Waals surface area contributed by atoms with Crippen LogP contribution in [0.3, 0.4) is 0 Å². The Morgan fingerprint density at radius 3 is 2.94 bits per heavy atom. The second-order valence-electron chi connectivity index (χ2n) is 3.58. The van der Waals surface area contributed by atoms with Gasteiger partial charge >= 0.3 is 6.03 Å². The number of nitrogens with one attached hydrogen (secondary N) is 2. The van der Waals surface area contributed by atoms with E-state index in [1.165, 1.54) is 0 Å². The highest BCUT2D eigenvalue weighted by molar-refractivity contribution is 6.31. The average Bonchev–Trinajstić information content (AvgIpc) is 2.35. The molecule has 0 radical (unpaired) electrons. The molecule has 5 heteroatoms. The zero-order valence-electron chi connectivity index (χ0n) is 10.2. The topological polar surface area (TPSA) is 67.2 Å². The molecule has 4 nitrogen and oxygen atoms in total. The smallest absolute Gasteiger partial charge is 0.319 e. The molecule has 0 fully saturated rings. The van der Waals surface area contributed by atoms with Crippen molar-refractivity contribution < 1.29 is 4.79 Å². The van der Waals surface area contributed by atoms with E-state index < -0.39 is 0 Å². The van der Waals surface area contributed by atoms with Crippen molar-refractivity contribution in [1.29, 1.82) is 0 Å². The van der Waals surface area contributed by atoms with E-state index in [0.29, 0.717) is 22.8 Å². The summed E-state index contributed by atoms with van der Waals surface area (Å²) in [4.78, 5) is 11.6. The maximum absolute atomic E-state index is 11.6. The van der Waals surface area contributed by atoms with Gasteiger partial charge in [-0.15, -0.1) is 0 Å². The van der Waals surface area contributed by atoms with Crippen molar-refractivity contribution in [2.45, 2.75) is 13.3 Å². The van der Waals surface area contributed by atoms with Gasteiger partial charge < -0.3 is 16.4 Å². The first-order valence-electron chi connectivity index (χ1n) is 5.70. The number of hydrogen-bond donors (Lipinski definition) is 3. The number of carbonyl (C=O) groups is 1. The lowest BCUT2D eigenvalue weighted by Crippen LogP contribution is -2.29. The van der Waals surface area contributed by atoms with Crippen molar-refractivity contribution in [2.75, 3.05) is 18.4 Å². The molecular weight excluding hydrogens is 250 g/mol. The van der Waals surface area contributed by atoms with Crippen molar-refractivity contribution in [1.82, 2.24) is 5.32 Å². The molecule has 0 aliphatic rings. The van der Waals surface area contributed by atoms with E-state index in [9.17, 15) is 4.79 Å². The van der Waals surface area contributed by atoms with Crippen LogP contribution < -0.4 is 16.4 Å². The van der Waals surface area contributed by atoms with Crippen LogP contribution in [-0.4, -0.2) is 19.1 Å². The van der Waals surface area contributed by atoms with Gasteiger partial charge in [-0.2, -0.15) is 0 Å². The van der Waals surface area contributed by atoms with Crippen LogP contribution in [0.1, 0.15) is 18.9 Å². The van der Waals surface area contributed by atoms with Gasteiger partial charge in [-0.3, -0.25) is 0 Å². The molecule has 0 heterocycles. The van der Waals surface area contributed by atoms with E-state index in [0.717, 1.165) is 6.42 Å². The van der Waals surface area contributed by atoms with Gasteiger partial charge in [0.2, 0.25) is 0 Å². The number of halogens is 1. The number of urea groups is 1. The molecule has 1 aromatic carbocycles. The van der Waals surface area contributed by atoms with Crippen LogP contribution in [0.5, 0.6) is 0 Å². The molecule has 0 aliphatic heterocycles. The standard InChI is InChI=1S/C13H16ClN3O/c1-2-8-16-13(18)17-12-9-11(14)6-5-10(12)4-3-7-15/h5-6,9H,2,7-8,15H2,1H3,(H2,16,17,18). The highest BCUT2D eigenvalue weighted by Crippen LogP contribution is 2.20. The third-order valence-corrected chi connectivity index (χ3v) is 2.33. The Kier molecular flexibility index (Phi) is 6.06. The van der Waals surface area contributed by atoms with Crippen LogP contribution in [0, 0.1) is 11.8 Å². The monoisotopic (exact) mass is 265 g/mol. The molecule has 0 bridgehead atoms. The zero-order valence-corrected chi connectivity index (χ0v) is 11.0. The van der Waals surface area contributed by atoms with Gasteiger partial charge in [0.05, 0.1) is 12.2 Å². The van der Waals surface area contributed by atoms with Crippen LogP contribution in [0.2, 0.25) is 5.02 Å². The minimum absolute atomic E-state index is 0.268. The van der Waals surface area contributed by atoms with E-state index in [4.69, 9.17) is 17.3 Å². The van der Waals surface area contributed by atoms with Gasteiger partial charge in [0.15, 0.2) is 0 Å². The molecule has 18 heavy (non-hydrogen) atoms. The second kappa shape index (κ2) is 7.59. The summed E-state index contributed by atoms with van der Waals surface area (Å²) in [5, 5.41) is 5.98. The summed E-state index contributed by atoms with van der Waals surface area (Å²) < 4.78 is 0. The molecule has 1 aromatic rings. The summed E-state index contributed by atoms with van der Waals surface area (Å²) in [5.74, 6) is 5.63. The summed E-state index contributed by atoms with van der Waals surface area (Å²) in [7, 11) is 0. The van der Waals surface area contributed by atoms with Crippen LogP contribution in [-0.2, 0) is 0 Å². The fourth-order valence-corrected chi connectivity index (χ4v) is 1.45. The zero-order chi connectivity index (χ0) is 13.4. The number of nitrogens with two attached hydrogens (primary N) is 1. The van der Waals surface area contributed by atoms with E-state index in [2.05, 4.69) is 22.5 Å². The first kappa shape index (κ1) is 14.4. The van der Waals surface area contributed by atoms with Gasteiger partial charge in [-0.25, -0.2) is 4.79 Å². The Labute approximate surface area is 112 Å². The third kappa shape index (κ3) is 4.66. The predicted octanol–water partition coefficient (Wildman–Crippen LogP) is 2.18. The van der Waals surface area contributed by atoms with Gasteiger partial charge in [-0.05, 0) is 24.6 Å². The van der Waals surface area contributed by atoms with E-state index in [1.54, 1.807) is 18.2 Å². The van der Waals surface area contributed by atoms with E-state index >= 15 is 0 Å². The van der Waals surface area contributed by atoms with Crippen molar-refractivity contribution in [3.63, 3.8) is 0 Å². The largest absolute Gasteiger partial charge is 0.338 e. The Morgan fingerprint density at radius 1 is 1.50 bits per heavy atom. The van der Waals surface area contributed by atoms with Gasteiger partial charge in [0, 0.05) is 17.1 Å². The molecule has 0 aliphatic carbocycles. The normalized spacial score (nSPS) is 9.28. The fourth-order valence-electron chi connectivity index (χ4n) is 1.28. The van der Waals surface area contributed by atoms with Crippen LogP contribution in [0.4, 0.5) is 10.5 Å². The molecule has 0 aromatic heterocycles. The number of rotatable bonds is 3. The molecule has 4 N–H and O–H groups in total. The summed E-state index contributed by atoms with van der Waals surface area (Å²) in [6.45, 7) is 2.87. The minimum Gasteiger partial charge on any atom is -0.338 e. The molecule has 0 spiro atoms. The summed E-state index contributed by atoms with van der Waals surface area (Å²) in [6, 6.07) is 4.86. The molecule has 2 amide bonds. The average molecular weight is 266 g/mol. The number of anilines is 1. The quantitative estimate of drug-likeness (QED) is 0.734. The predicted molar refractivity (Wildman–Crippen MR) is 74.7 cm³/mol. The van der Waals surface area contributed by atoms with Crippen molar-refractivity contribution >= 4 is 23.3 Å². The van der Waals surface area contributed by atoms with Crippen molar-refractivity contribution in [3.8, 4) is 11.8 Å². The molecule has 0 atom stereocenters. The van der Waals surface area contributed by atoms with Gasteiger partial charge in [0.25, 0.3) is 0 Å². The highest BCUT2D eigenvalue weighted by atomic mass is 35.5. The van der Waals surface area contributed by atoms with Gasteiger partial charge in [0.1, 0.15) is 0 Å². The van der Waals surface area contributed by atoms with Gasteiger partial charge in [-0.1, -0.05) is 30.4 Å². The first-order valence-corrected chi connectivity index (χ1v) is 6.08. The lowest BCUT2D eigenvalue weighted by Gasteiger charge is -2.09. The third-order valence-electron chi connectivity index (χ3n) is 2.09.